The zero-order valence-electron chi connectivity index (χ0n) is 8.27. The van der Waals surface area contributed by atoms with Crippen molar-refractivity contribution in [1.29, 1.82) is 0 Å². The Labute approximate surface area is 104 Å². The molecule has 0 N–H and O–H groups in total. The molecule has 0 aliphatic heterocycles. The maximum atomic E-state index is 12.2. The molecule has 15 heavy (non-hydrogen) atoms. The highest BCUT2D eigenvalue weighted by molar-refractivity contribution is 14.1. The molecule has 0 bridgehead atoms. The maximum absolute atomic E-state index is 12.2. The van der Waals surface area contributed by atoms with Gasteiger partial charge in [0.25, 0.3) is 0 Å². The van der Waals surface area contributed by atoms with Gasteiger partial charge in [-0.1, -0.05) is 47.2 Å². The van der Waals surface area contributed by atoms with E-state index in [1.54, 1.807) is 24.3 Å². The van der Waals surface area contributed by atoms with E-state index < -0.39 is 9.84 Å². The molecule has 0 saturated heterocycles. The van der Waals surface area contributed by atoms with Crippen LogP contribution in [0.15, 0.2) is 35.2 Å². The minimum absolute atomic E-state index is 0.180. The lowest BCUT2D eigenvalue weighted by atomic mass is 10.4. The third-order valence-corrected chi connectivity index (χ3v) is 7.11. The molecule has 2 atom stereocenters. The van der Waals surface area contributed by atoms with Crippen molar-refractivity contribution in [2.45, 2.75) is 33.3 Å². The van der Waals surface area contributed by atoms with Crippen LogP contribution < -0.4 is 0 Å². The highest BCUT2D eigenvalue weighted by Crippen LogP contribution is 2.34. The Morgan fingerprint density at radius 2 is 1.80 bits per heavy atom. The molecule has 1 saturated carbocycles. The van der Waals surface area contributed by atoms with Gasteiger partial charge in [0.15, 0.2) is 9.84 Å². The molecule has 0 heterocycles. The van der Waals surface area contributed by atoms with E-state index in [0.29, 0.717) is 4.90 Å². The number of alkyl halides is 1. The van der Waals surface area contributed by atoms with Crippen LogP contribution in [0.4, 0.5) is 0 Å². The van der Waals surface area contributed by atoms with Crippen molar-refractivity contribution in [2.75, 3.05) is 0 Å². The first kappa shape index (κ1) is 11.4. The maximum Gasteiger partial charge on any atom is 0.182 e. The molecule has 0 aromatic heterocycles. The Hall–Kier alpha value is -0.100. The summed E-state index contributed by atoms with van der Waals surface area (Å²) in [5, 5.41) is -0.180. The molecule has 2 rings (SSSR count). The Balaban J connectivity index is 2.35. The van der Waals surface area contributed by atoms with E-state index in [1.807, 2.05) is 6.07 Å². The van der Waals surface area contributed by atoms with Crippen molar-refractivity contribution in [3.8, 4) is 0 Å². The average Bonchev–Trinajstić information content (AvgIpc) is 2.66. The van der Waals surface area contributed by atoms with Crippen molar-refractivity contribution in [3.63, 3.8) is 0 Å². The van der Waals surface area contributed by atoms with Gasteiger partial charge in [-0.3, -0.25) is 0 Å². The Morgan fingerprint density at radius 3 is 2.33 bits per heavy atom. The molecule has 1 aliphatic carbocycles. The van der Waals surface area contributed by atoms with Crippen LogP contribution in [0.1, 0.15) is 19.3 Å². The van der Waals surface area contributed by atoms with Crippen molar-refractivity contribution in [1.82, 2.24) is 0 Å². The summed E-state index contributed by atoms with van der Waals surface area (Å²) >= 11 is 2.27. The normalized spacial score (nSPS) is 26.7. The van der Waals surface area contributed by atoms with Crippen LogP contribution >= 0.6 is 22.6 Å². The molecule has 1 aromatic carbocycles. The molecule has 0 amide bonds. The summed E-state index contributed by atoms with van der Waals surface area (Å²) in [6, 6.07) is 8.79. The second kappa shape index (κ2) is 4.41. The van der Waals surface area contributed by atoms with Crippen LogP contribution in [0, 0.1) is 0 Å². The number of sulfone groups is 1. The van der Waals surface area contributed by atoms with E-state index in [9.17, 15) is 8.42 Å². The SMILES string of the molecule is O=S(=O)(c1ccccc1)[C@@H]1CCC[C@H]1I. The first-order chi connectivity index (χ1) is 7.12. The second-order valence-corrected chi connectivity index (χ2v) is 7.61. The van der Waals surface area contributed by atoms with E-state index >= 15 is 0 Å². The van der Waals surface area contributed by atoms with Gasteiger partial charge in [-0.2, -0.15) is 0 Å². The minimum atomic E-state index is -3.10. The Bertz CT molecular complexity index is 427. The number of hydrogen-bond donors (Lipinski definition) is 0. The molecular weight excluding hydrogens is 323 g/mol. The predicted molar refractivity (Wildman–Crippen MR) is 69.1 cm³/mol. The molecule has 82 valence electrons. The van der Waals surface area contributed by atoms with Gasteiger partial charge in [0.2, 0.25) is 0 Å². The zero-order chi connectivity index (χ0) is 10.9. The predicted octanol–water partition coefficient (Wildman–Crippen LogP) is 2.82. The number of hydrogen-bond acceptors (Lipinski definition) is 2. The fourth-order valence-corrected chi connectivity index (χ4v) is 5.86. The quantitative estimate of drug-likeness (QED) is 0.615. The second-order valence-electron chi connectivity index (χ2n) is 3.84. The molecule has 0 spiro atoms. The first-order valence-corrected chi connectivity index (χ1v) is 7.84. The van der Waals surface area contributed by atoms with Crippen LogP contribution in [0.2, 0.25) is 0 Å². The van der Waals surface area contributed by atoms with Gasteiger partial charge < -0.3 is 0 Å². The van der Waals surface area contributed by atoms with Crippen molar-refractivity contribution in [3.05, 3.63) is 30.3 Å². The van der Waals surface area contributed by atoms with Gasteiger partial charge in [0.05, 0.1) is 10.1 Å². The van der Waals surface area contributed by atoms with Crippen molar-refractivity contribution < 1.29 is 8.42 Å². The topological polar surface area (TPSA) is 34.1 Å². The van der Waals surface area contributed by atoms with Crippen LogP contribution in [-0.4, -0.2) is 17.6 Å². The molecule has 1 fully saturated rings. The average molecular weight is 336 g/mol. The lowest BCUT2D eigenvalue weighted by Gasteiger charge is -2.14. The third kappa shape index (κ3) is 2.20. The fraction of sp³-hybridized carbons (Fsp3) is 0.455. The van der Waals surface area contributed by atoms with E-state index in [4.69, 9.17) is 0 Å². The molecule has 0 radical (unpaired) electrons. The molecule has 2 nitrogen and oxygen atoms in total. The smallest absolute Gasteiger partial charge is 0.182 e. The van der Waals surface area contributed by atoms with Crippen molar-refractivity contribution >= 4 is 32.4 Å². The molecular formula is C11H13IO2S. The van der Waals surface area contributed by atoms with Crippen LogP contribution in [0.3, 0.4) is 0 Å². The fourth-order valence-electron chi connectivity index (χ4n) is 2.02. The largest absolute Gasteiger partial charge is 0.223 e. The first-order valence-electron chi connectivity index (χ1n) is 5.05. The minimum Gasteiger partial charge on any atom is -0.223 e. The highest BCUT2D eigenvalue weighted by atomic mass is 127. The van der Waals surface area contributed by atoms with Crippen LogP contribution in [0.25, 0.3) is 0 Å². The summed E-state index contributed by atoms with van der Waals surface area (Å²) in [6.07, 6.45) is 2.87. The van der Waals surface area contributed by atoms with Gasteiger partial charge >= 0.3 is 0 Å². The highest BCUT2D eigenvalue weighted by Gasteiger charge is 2.36. The molecule has 1 aliphatic rings. The summed E-state index contributed by atoms with van der Waals surface area (Å²) in [5.41, 5.74) is 0. The molecule has 4 heteroatoms. The Morgan fingerprint density at radius 1 is 1.13 bits per heavy atom. The van der Waals surface area contributed by atoms with Crippen molar-refractivity contribution in [2.24, 2.45) is 0 Å². The summed E-state index contributed by atoms with van der Waals surface area (Å²) in [6.45, 7) is 0. The van der Waals surface area contributed by atoms with Crippen LogP contribution in [-0.2, 0) is 9.84 Å². The summed E-state index contributed by atoms with van der Waals surface area (Å²) in [7, 11) is -3.10. The van der Waals surface area contributed by atoms with E-state index in [2.05, 4.69) is 22.6 Å². The van der Waals surface area contributed by atoms with Gasteiger partial charge in [-0.15, -0.1) is 0 Å². The van der Waals surface area contributed by atoms with Gasteiger partial charge in [0, 0.05) is 3.92 Å². The standard InChI is InChI=1S/C11H13IO2S/c12-10-7-4-8-11(10)15(13,14)9-5-2-1-3-6-9/h1-3,5-6,10-11H,4,7-8H2/t10-,11-/m1/s1. The summed E-state index contributed by atoms with van der Waals surface area (Å²) in [5.74, 6) is 0. The van der Waals surface area contributed by atoms with Gasteiger partial charge in [-0.05, 0) is 25.0 Å². The Kier molecular flexibility index (Phi) is 3.35. The van der Waals surface area contributed by atoms with E-state index in [-0.39, 0.29) is 9.17 Å². The zero-order valence-corrected chi connectivity index (χ0v) is 11.2. The lowest BCUT2D eigenvalue weighted by molar-refractivity contribution is 0.582. The third-order valence-electron chi connectivity index (χ3n) is 2.84. The number of halogens is 1. The lowest BCUT2D eigenvalue weighted by Crippen LogP contribution is -2.25. The van der Waals surface area contributed by atoms with E-state index in [1.165, 1.54) is 0 Å². The monoisotopic (exact) mass is 336 g/mol. The van der Waals surface area contributed by atoms with E-state index in [0.717, 1.165) is 19.3 Å². The number of rotatable bonds is 2. The summed E-state index contributed by atoms with van der Waals surface area (Å²) in [4.78, 5) is 0.471. The van der Waals surface area contributed by atoms with Crippen LogP contribution in [0.5, 0.6) is 0 Å². The van der Waals surface area contributed by atoms with Gasteiger partial charge in [-0.25, -0.2) is 8.42 Å². The van der Waals surface area contributed by atoms with Gasteiger partial charge in [0.1, 0.15) is 0 Å². The summed E-state index contributed by atoms with van der Waals surface area (Å²) < 4.78 is 24.8. The molecule has 0 unspecified atom stereocenters. The molecule has 1 aromatic rings. The number of benzene rings is 1.